The molecule has 7 nitrogen and oxygen atoms in total. The van der Waals surface area contributed by atoms with E-state index in [1.54, 1.807) is 30.6 Å². The fraction of sp³-hybridized carbons (Fsp3) is 0.0500. The molecule has 0 atom stereocenters. The number of nitrogens with zero attached hydrogens (tertiary/aromatic N) is 4. The number of aromatic nitrogens is 2. The number of rotatable bonds is 5. The van der Waals surface area contributed by atoms with Crippen LogP contribution in [-0.2, 0) is 6.54 Å². The lowest BCUT2D eigenvalue weighted by molar-refractivity contribution is -0.385. The van der Waals surface area contributed by atoms with E-state index in [2.05, 4.69) is 9.97 Å². The second kappa shape index (κ2) is 7.94. The molecule has 0 radical (unpaired) electrons. The van der Waals surface area contributed by atoms with Gasteiger partial charge in [0.05, 0.1) is 21.2 Å². The minimum absolute atomic E-state index is 0.00765. The molecular weight excluding hydrogens is 412 g/mol. The van der Waals surface area contributed by atoms with E-state index < -0.39 is 10.8 Å². The van der Waals surface area contributed by atoms with Crippen molar-refractivity contribution < 1.29 is 9.72 Å². The molecule has 2 heterocycles. The minimum Gasteiger partial charge on any atom is -0.279 e. The monoisotopic (exact) mass is 424 g/mol. The molecule has 0 saturated heterocycles. The Morgan fingerprint density at radius 2 is 1.97 bits per heavy atom. The highest BCUT2D eigenvalue weighted by Gasteiger charge is 2.27. The maximum absolute atomic E-state index is 13.4. The first-order chi connectivity index (χ1) is 14.0. The molecule has 9 heteroatoms. The predicted molar refractivity (Wildman–Crippen MR) is 112 cm³/mol. The van der Waals surface area contributed by atoms with E-state index in [1.165, 1.54) is 34.4 Å². The van der Waals surface area contributed by atoms with Gasteiger partial charge >= 0.3 is 0 Å². The molecular formula is C20H13ClN4O3S. The lowest BCUT2D eigenvalue weighted by atomic mass is 10.1. The maximum Gasteiger partial charge on any atom is 0.282 e. The molecule has 0 bridgehead atoms. The average molecular weight is 425 g/mol. The van der Waals surface area contributed by atoms with Gasteiger partial charge in [-0.1, -0.05) is 47.2 Å². The van der Waals surface area contributed by atoms with Crippen molar-refractivity contribution in [3.63, 3.8) is 0 Å². The molecule has 0 fully saturated rings. The van der Waals surface area contributed by atoms with Crippen molar-refractivity contribution in [3.8, 4) is 0 Å². The molecule has 1 amide bonds. The van der Waals surface area contributed by atoms with Crippen LogP contribution < -0.4 is 4.90 Å². The fourth-order valence-corrected chi connectivity index (χ4v) is 4.14. The summed E-state index contributed by atoms with van der Waals surface area (Å²) in [6, 6.07) is 14.9. The van der Waals surface area contributed by atoms with Crippen LogP contribution in [0, 0.1) is 10.1 Å². The molecule has 4 aromatic rings. The number of anilines is 1. The third-order valence-electron chi connectivity index (χ3n) is 4.23. The summed E-state index contributed by atoms with van der Waals surface area (Å²) in [7, 11) is 0. The Bertz CT molecular complexity index is 1210. The lowest BCUT2D eigenvalue weighted by Gasteiger charge is -2.20. The van der Waals surface area contributed by atoms with Gasteiger partial charge < -0.3 is 0 Å². The Hall–Kier alpha value is -3.36. The van der Waals surface area contributed by atoms with E-state index in [9.17, 15) is 14.9 Å². The number of para-hydroxylation sites is 2. The highest BCUT2D eigenvalue weighted by molar-refractivity contribution is 7.22. The second-order valence-electron chi connectivity index (χ2n) is 6.11. The zero-order valence-electron chi connectivity index (χ0n) is 14.9. The Morgan fingerprint density at radius 1 is 1.14 bits per heavy atom. The summed E-state index contributed by atoms with van der Waals surface area (Å²) < 4.78 is 0.819. The van der Waals surface area contributed by atoms with Crippen LogP contribution in [0.1, 0.15) is 15.9 Å². The van der Waals surface area contributed by atoms with E-state index in [-0.39, 0.29) is 17.8 Å². The molecule has 0 saturated carbocycles. The van der Waals surface area contributed by atoms with Gasteiger partial charge in [0.2, 0.25) is 0 Å². The molecule has 29 heavy (non-hydrogen) atoms. The number of nitro groups is 1. The number of carbonyl (C=O) groups is 1. The second-order valence-corrected chi connectivity index (χ2v) is 7.53. The van der Waals surface area contributed by atoms with E-state index in [1.807, 2.05) is 18.2 Å². The summed E-state index contributed by atoms with van der Waals surface area (Å²) in [5.41, 5.74) is 1.09. The number of fused-ring (bicyclic) bond motifs is 1. The molecule has 2 aromatic carbocycles. The molecule has 144 valence electrons. The Labute approximate surface area is 174 Å². The third-order valence-corrected chi connectivity index (χ3v) is 5.58. The summed E-state index contributed by atoms with van der Waals surface area (Å²) in [6.45, 7) is 0.163. The summed E-state index contributed by atoms with van der Waals surface area (Å²) in [6.07, 6.45) is 3.27. The standard InChI is InChI=1S/C20H13ClN4O3S/c21-15-7-3-9-17-18(15)23-20(29-17)24(12-13-5-4-10-22-11-13)19(26)14-6-1-2-8-16(14)25(27)28/h1-11H,12H2. The zero-order valence-corrected chi connectivity index (χ0v) is 16.4. The number of hydrogen-bond acceptors (Lipinski definition) is 6. The summed E-state index contributed by atoms with van der Waals surface area (Å²) in [5.74, 6) is -0.517. The first-order valence-corrected chi connectivity index (χ1v) is 9.73. The van der Waals surface area contributed by atoms with Crippen LogP contribution in [0.15, 0.2) is 67.0 Å². The van der Waals surface area contributed by atoms with Crippen LogP contribution in [0.2, 0.25) is 5.02 Å². The minimum atomic E-state index is -0.565. The highest BCUT2D eigenvalue weighted by atomic mass is 35.5. The molecule has 0 N–H and O–H groups in total. The Kier molecular flexibility index (Phi) is 5.20. The van der Waals surface area contributed by atoms with Gasteiger partial charge in [0, 0.05) is 18.5 Å². The van der Waals surface area contributed by atoms with Crippen molar-refractivity contribution in [2.75, 3.05) is 4.90 Å². The normalized spacial score (nSPS) is 10.8. The van der Waals surface area contributed by atoms with Crippen LogP contribution in [0.3, 0.4) is 0 Å². The van der Waals surface area contributed by atoms with Crippen molar-refractivity contribution in [1.29, 1.82) is 0 Å². The van der Waals surface area contributed by atoms with Crippen LogP contribution in [-0.4, -0.2) is 20.8 Å². The van der Waals surface area contributed by atoms with Gasteiger partial charge in [-0.3, -0.25) is 24.8 Å². The first kappa shape index (κ1) is 19.0. The molecule has 0 spiro atoms. The number of hydrogen-bond donors (Lipinski definition) is 0. The predicted octanol–water partition coefficient (Wildman–Crippen LogP) is 5.10. The number of halogens is 1. The SMILES string of the molecule is O=C(c1ccccc1[N+](=O)[O-])N(Cc1cccnc1)c1nc2c(Cl)cccc2s1. The number of nitro benzene ring substituents is 1. The van der Waals surface area contributed by atoms with Crippen LogP contribution >= 0.6 is 22.9 Å². The quantitative estimate of drug-likeness (QED) is 0.328. The third kappa shape index (κ3) is 3.80. The van der Waals surface area contributed by atoms with Gasteiger partial charge in [-0.05, 0) is 29.8 Å². The molecule has 4 rings (SSSR count). The van der Waals surface area contributed by atoms with E-state index in [0.717, 1.165) is 10.3 Å². The zero-order chi connectivity index (χ0) is 20.4. The Morgan fingerprint density at radius 3 is 2.69 bits per heavy atom. The first-order valence-electron chi connectivity index (χ1n) is 8.54. The number of amides is 1. The van der Waals surface area contributed by atoms with Crippen molar-refractivity contribution in [2.24, 2.45) is 0 Å². The van der Waals surface area contributed by atoms with E-state index in [4.69, 9.17) is 11.6 Å². The number of carbonyl (C=O) groups excluding carboxylic acids is 1. The van der Waals surface area contributed by atoms with Crippen molar-refractivity contribution >= 4 is 49.9 Å². The molecule has 0 aliphatic heterocycles. The number of pyridine rings is 1. The number of thiazole rings is 1. The Balaban J connectivity index is 1.83. The van der Waals surface area contributed by atoms with Gasteiger partial charge in [0.15, 0.2) is 5.13 Å². The lowest BCUT2D eigenvalue weighted by Crippen LogP contribution is -2.31. The van der Waals surface area contributed by atoms with Crippen molar-refractivity contribution in [2.45, 2.75) is 6.54 Å². The van der Waals surface area contributed by atoms with Crippen LogP contribution in [0.25, 0.3) is 10.2 Å². The van der Waals surface area contributed by atoms with Gasteiger partial charge in [-0.25, -0.2) is 4.98 Å². The van der Waals surface area contributed by atoms with E-state index in [0.29, 0.717) is 15.7 Å². The van der Waals surface area contributed by atoms with E-state index >= 15 is 0 Å². The van der Waals surface area contributed by atoms with Crippen LogP contribution in [0.4, 0.5) is 10.8 Å². The molecule has 0 unspecified atom stereocenters. The summed E-state index contributed by atoms with van der Waals surface area (Å²) in [5, 5.41) is 12.3. The smallest absolute Gasteiger partial charge is 0.279 e. The number of benzene rings is 2. The maximum atomic E-state index is 13.4. The van der Waals surface area contributed by atoms with Gasteiger partial charge in [-0.15, -0.1) is 0 Å². The average Bonchev–Trinajstić information content (AvgIpc) is 3.17. The van der Waals surface area contributed by atoms with Crippen molar-refractivity contribution in [1.82, 2.24) is 9.97 Å². The highest BCUT2D eigenvalue weighted by Crippen LogP contribution is 2.34. The summed E-state index contributed by atoms with van der Waals surface area (Å²) >= 11 is 7.54. The van der Waals surface area contributed by atoms with Gasteiger partial charge in [0.1, 0.15) is 11.1 Å². The summed E-state index contributed by atoms with van der Waals surface area (Å²) in [4.78, 5) is 34.3. The topological polar surface area (TPSA) is 89.2 Å². The van der Waals surface area contributed by atoms with Crippen molar-refractivity contribution in [3.05, 3.63) is 93.3 Å². The fourth-order valence-electron chi connectivity index (χ4n) is 2.88. The molecule has 0 aliphatic carbocycles. The molecule has 0 aliphatic rings. The van der Waals surface area contributed by atoms with Gasteiger partial charge in [0.25, 0.3) is 11.6 Å². The largest absolute Gasteiger partial charge is 0.282 e. The van der Waals surface area contributed by atoms with Gasteiger partial charge in [-0.2, -0.15) is 0 Å². The molecule has 2 aromatic heterocycles. The van der Waals surface area contributed by atoms with Crippen LogP contribution in [0.5, 0.6) is 0 Å².